The van der Waals surface area contributed by atoms with Gasteiger partial charge in [0, 0.05) is 55.0 Å². The molecular formula is C34H37N3O2. The summed E-state index contributed by atoms with van der Waals surface area (Å²) in [6.45, 7) is 10.4. The van der Waals surface area contributed by atoms with Crippen molar-refractivity contribution in [2.45, 2.75) is 44.8 Å². The molecule has 4 aromatic carbocycles. The molecule has 0 radical (unpaired) electrons. The first-order valence-electron chi connectivity index (χ1n) is 14.3. The van der Waals surface area contributed by atoms with Crippen molar-refractivity contribution in [1.82, 2.24) is 0 Å². The summed E-state index contributed by atoms with van der Waals surface area (Å²) in [7, 11) is 1.76. The highest BCUT2D eigenvalue weighted by atomic mass is 16.5. The third-order valence-electron chi connectivity index (χ3n) is 9.36. The van der Waals surface area contributed by atoms with Crippen LogP contribution in [0, 0.1) is 5.92 Å². The zero-order valence-electron chi connectivity index (χ0n) is 23.4. The molecule has 5 nitrogen and oxygen atoms in total. The van der Waals surface area contributed by atoms with Crippen LogP contribution in [0.2, 0.25) is 0 Å². The Morgan fingerprint density at radius 1 is 0.923 bits per heavy atom. The minimum absolute atomic E-state index is 0.371. The van der Waals surface area contributed by atoms with E-state index in [9.17, 15) is 0 Å². The number of piperidine rings is 1. The van der Waals surface area contributed by atoms with Crippen LogP contribution in [0.25, 0.3) is 21.5 Å². The van der Waals surface area contributed by atoms with Crippen molar-refractivity contribution in [3.63, 3.8) is 0 Å². The van der Waals surface area contributed by atoms with Crippen molar-refractivity contribution < 1.29 is 9.47 Å². The molecule has 1 spiro atoms. The van der Waals surface area contributed by atoms with E-state index in [2.05, 4.69) is 104 Å². The van der Waals surface area contributed by atoms with Gasteiger partial charge in [0.05, 0.1) is 18.2 Å². The molecule has 7 rings (SSSR count). The summed E-state index contributed by atoms with van der Waals surface area (Å²) in [5, 5.41) is 4.91. The maximum atomic E-state index is 7.29. The van der Waals surface area contributed by atoms with Crippen molar-refractivity contribution in [2.24, 2.45) is 10.9 Å². The number of benzene rings is 4. The van der Waals surface area contributed by atoms with Gasteiger partial charge in [0.1, 0.15) is 5.69 Å². The molecule has 200 valence electrons. The van der Waals surface area contributed by atoms with Gasteiger partial charge >= 0.3 is 0 Å². The van der Waals surface area contributed by atoms with E-state index >= 15 is 0 Å². The average Bonchev–Trinajstić information content (AvgIpc) is 3.14. The van der Waals surface area contributed by atoms with Crippen LogP contribution in [0.3, 0.4) is 0 Å². The number of nitrogens with zero attached hydrogens (tertiary/aromatic N) is 3. The molecule has 1 unspecified atom stereocenters. The molecule has 0 N–H and O–H groups in total. The number of hydrogen-bond acceptors (Lipinski definition) is 5. The Morgan fingerprint density at radius 3 is 2.41 bits per heavy atom. The lowest BCUT2D eigenvalue weighted by Gasteiger charge is -2.46. The summed E-state index contributed by atoms with van der Waals surface area (Å²) in [6.07, 6.45) is 4.50. The summed E-state index contributed by atoms with van der Waals surface area (Å²) < 4.78 is 12.9. The van der Waals surface area contributed by atoms with Gasteiger partial charge < -0.3 is 19.3 Å². The van der Waals surface area contributed by atoms with Crippen molar-refractivity contribution in [2.75, 3.05) is 43.2 Å². The fourth-order valence-electron chi connectivity index (χ4n) is 7.10. The molecule has 0 bridgehead atoms. The first-order valence-corrected chi connectivity index (χ1v) is 14.3. The summed E-state index contributed by atoms with van der Waals surface area (Å²) in [5.41, 5.74) is 3.53. The molecule has 1 fully saturated rings. The van der Waals surface area contributed by atoms with E-state index in [1.807, 2.05) is 0 Å². The Hall–Kier alpha value is -3.57. The normalized spacial score (nSPS) is 21.9. The van der Waals surface area contributed by atoms with Crippen molar-refractivity contribution in [3.05, 3.63) is 72.3 Å². The molecule has 0 saturated carbocycles. The van der Waals surface area contributed by atoms with Crippen LogP contribution in [0.4, 0.5) is 17.1 Å². The minimum Gasteiger partial charge on any atom is -0.459 e. The van der Waals surface area contributed by atoms with Gasteiger partial charge in [-0.15, -0.1) is 0 Å². The maximum absolute atomic E-state index is 7.29. The Kier molecular flexibility index (Phi) is 5.64. The average molecular weight is 520 g/mol. The molecule has 3 heterocycles. The highest BCUT2D eigenvalue weighted by Gasteiger charge is 2.60. The zero-order chi connectivity index (χ0) is 26.8. The molecule has 5 heteroatoms. The predicted octanol–water partition coefficient (Wildman–Crippen LogP) is 7.46. The van der Waals surface area contributed by atoms with Gasteiger partial charge in [-0.25, -0.2) is 0 Å². The highest BCUT2D eigenvalue weighted by Crippen LogP contribution is 2.57. The molecule has 3 aliphatic rings. The summed E-state index contributed by atoms with van der Waals surface area (Å²) in [5.74, 6) is 1.63. The summed E-state index contributed by atoms with van der Waals surface area (Å²) in [4.78, 5) is 10.1. The predicted molar refractivity (Wildman–Crippen MR) is 162 cm³/mol. The lowest BCUT2D eigenvalue weighted by Crippen LogP contribution is -2.62. The molecule has 39 heavy (non-hydrogen) atoms. The van der Waals surface area contributed by atoms with Crippen LogP contribution in [-0.4, -0.2) is 45.3 Å². The Morgan fingerprint density at radius 2 is 1.64 bits per heavy atom. The zero-order valence-corrected chi connectivity index (χ0v) is 23.4. The quantitative estimate of drug-likeness (QED) is 0.280. The first-order chi connectivity index (χ1) is 18.9. The molecule has 1 saturated heterocycles. The van der Waals surface area contributed by atoms with Gasteiger partial charge in [-0.2, -0.15) is 0 Å². The molecular weight excluding hydrogens is 482 g/mol. The second kappa shape index (κ2) is 8.99. The number of ether oxygens (including phenoxy) is 2. The number of aliphatic imine (C=N–C) groups is 1. The number of hydrogen-bond donors (Lipinski definition) is 0. The van der Waals surface area contributed by atoms with Gasteiger partial charge in [-0.05, 0) is 55.0 Å². The second-order valence-electron chi connectivity index (χ2n) is 12.0. The van der Waals surface area contributed by atoms with Gasteiger partial charge in [0.25, 0.3) is 0 Å². The molecule has 0 amide bonds. The van der Waals surface area contributed by atoms with Gasteiger partial charge in [-0.3, -0.25) is 4.99 Å². The smallest absolute Gasteiger partial charge is 0.229 e. The van der Waals surface area contributed by atoms with E-state index in [-0.39, 0.29) is 5.41 Å². The molecule has 3 aliphatic heterocycles. The van der Waals surface area contributed by atoms with E-state index < -0.39 is 5.72 Å². The summed E-state index contributed by atoms with van der Waals surface area (Å²) in [6, 6.07) is 24.1. The standard InChI is InChI=1S/C34H37N3O2/c1-23-15-17-36(18-16-23)29-21-30-32(27-12-8-7-11-26(27)29)35-22-34(39-30)33(2,3)31-25-10-6-5-9-24(25)13-14-28(31)37(34)19-20-38-4/h5-14,21-23H,15-20H2,1-4H3. The van der Waals surface area contributed by atoms with E-state index in [1.54, 1.807) is 7.11 Å². The van der Waals surface area contributed by atoms with E-state index in [1.165, 1.54) is 45.9 Å². The topological polar surface area (TPSA) is 37.3 Å². The first kappa shape index (κ1) is 24.5. The van der Waals surface area contributed by atoms with Gasteiger partial charge in [0.2, 0.25) is 5.72 Å². The van der Waals surface area contributed by atoms with Crippen LogP contribution < -0.4 is 14.5 Å². The van der Waals surface area contributed by atoms with Crippen LogP contribution in [-0.2, 0) is 10.2 Å². The monoisotopic (exact) mass is 519 g/mol. The largest absolute Gasteiger partial charge is 0.459 e. The van der Waals surface area contributed by atoms with E-state index in [0.29, 0.717) is 13.2 Å². The Labute approximate surface area is 231 Å². The lowest BCUT2D eigenvalue weighted by molar-refractivity contribution is 0.0720. The molecule has 4 aromatic rings. The van der Waals surface area contributed by atoms with Crippen LogP contribution in [0.5, 0.6) is 5.75 Å². The molecule has 0 aromatic heterocycles. The fraction of sp³-hybridized carbons (Fsp3) is 0.382. The van der Waals surface area contributed by atoms with Crippen molar-refractivity contribution >= 4 is 44.8 Å². The van der Waals surface area contributed by atoms with Crippen LogP contribution in [0.15, 0.2) is 71.7 Å². The van der Waals surface area contributed by atoms with E-state index in [0.717, 1.165) is 35.8 Å². The highest BCUT2D eigenvalue weighted by molar-refractivity contribution is 6.06. The van der Waals surface area contributed by atoms with Crippen LogP contribution in [0.1, 0.15) is 39.2 Å². The maximum Gasteiger partial charge on any atom is 0.229 e. The number of fused-ring (bicyclic) bond motifs is 6. The summed E-state index contributed by atoms with van der Waals surface area (Å²) >= 11 is 0. The number of methoxy groups -OCH3 is 1. The third-order valence-corrected chi connectivity index (χ3v) is 9.36. The molecule has 0 aliphatic carbocycles. The van der Waals surface area contributed by atoms with Crippen molar-refractivity contribution in [3.8, 4) is 5.75 Å². The Balaban J connectivity index is 1.41. The Bertz CT molecular complexity index is 1600. The van der Waals surface area contributed by atoms with E-state index in [4.69, 9.17) is 14.5 Å². The SMILES string of the molecule is COCCN1c2ccc3ccccc3c2C(C)(C)C12C=Nc1c(cc(N3CCC(C)CC3)c3ccccc13)O2. The third kappa shape index (κ3) is 3.52. The lowest BCUT2D eigenvalue weighted by atomic mass is 9.75. The minimum atomic E-state index is -0.777. The fourth-order valence-corrected chi connectivity index (χ4v) is 7.10. The van der Waals surface area contributed by atoms with Gasteiger partial charge in [-0.1, -0.05) is 61.5 Å². The number of rotatable bonds is 4. The van der Waals surface area contributed by atoms with Gasteiger partial charge in [0.15, 0.2) is 5.75 Å². The second-order valence-corrected chi connectivity index (χ2v) is 12.0. The molecule has 1 atom stereocenters. The van der Waals surface area contributed by atoms with Crippen molar-refractivity contribution in [1.29, 1.82) is 0 Å². The number of anilines is 2. The van der Waals surface area contributed by atoms with Crippen LogP contribution >= 0.6 is 0 Å².